The summed E-state index contributed by atoms with van der Waals surface area (Å²) in [7, 11) is -4.11. The molecule has 128 valence electrons. The van der Waals surface area contributed by atoms with Gasteiger partial charge in [0.25, 0.3) is 15.8 Å². The van der Waals surface area contributed by atoms with Crippen LogP contribution in [0.15, 0.2) is 41.8 Å². The van der Waals surface area contributed by atoms with Crippen LogP contribution in [0, 0.1) is 22.0 Å². The molecular weight excluding hydrogens is 322 g/mol. The lowest BCUT2D eigenvalue weighted by molar-refractivity contribution is -0.384. The van der Waals surface area contributed by atoms with Gasteiger partial charge in [0.1, 0.15) is 6.10 Å². The number of hydrogen-bond acceptors (Lipinski definition) is 6. The lowest BCUT2D eigenvalue weighted by Crippen LogP contribution is -2.29. The molecule has 0 radical (unpaired) electrons. The minimum Gasteiger partial charge on any atom is -0.396 e. The molecule has 0 heterocycles. The van der Waals surface area contributed by atoms with Gasteiger partial charge in [-0.15, -0.1) is 6.58 Å². The normalized spacial score (nSPS) is 14.4. The van der Waals surface area contributed by atoms with E-state index in [4.69, 9.17) is 4.18 Å². The summed E-state index contributed by atoms with van der Waals surface area (Å²) in [6.07, 6.45) is 1.04. The third-order valence-electron chi connectivity index (χ3n) is 3.28. The molecule has 8 heteroatoms. The average Bonchev–Trinajstić information content (AvgIpc) is 2.50. The first-order valence-corrected chi connectivity index (χ1v) is 8.53. The van der Waals surface area contributed by atoms with E-state index >= 15 is 0 Å². The molecule has 0 amide bonds. The van der Waals surface area contributed by atoms with Crippen LogP contribution < -0.4 is 0 Å². The van der Waals surface area contributed by atoms with Crippen molar-refractivity contribution in [1.29, 1.82) is 0 Å². The summed E-state index contributed by atoms with van der Waals surface area (Å²) in [5, 5.41) is 20.0. The number of aliphatic hydroxyl groups is 1. The maximum atomic E-state index is 12.3. The summed E-state index contributed by atoms with van der Waals surface area (Å²) in [6, 6.07) is 4.42. The van der Waals surface area contributed by atoms with E-state index in [1.165, 1.54) is 6.08 Å². The summed E-state index contributed by atoms with van der Waals surface area (Å²) in [4.78, 5) is 9.80. The van der Waals surface area contributed by atoms with Gasteiger partial charge in [0.2, 0.25) is 0 Å². The molecule has 2 atom stereocenters. The number of benzene rings is 1. The monoisotopic (exact) mass is 343 g/mol. The van der Waals surface area contributed by atoms with Gasteiger partial charge in [0.15, 0.2) is 0 Å². The van der Waals surface area contributed by atoms with E-state index < -0.39 is 27.1 Å². The molecule has 0 aliphatic carbocycles. The first kappa shape index (κ1) is 19.3. The molecule has 1 N–H and O–H groups in total. The van der Waals surface area contributed by atoms with E-state index in [0.717, 1.165) is 24.3 Å². The number of hydrogen-bond donors (Lipinski definition) is 1. The van der Waals surface area contributed by atoms with E-state index in [1.54, 1.807) is 0 Å². The maximum absolute atomic E-state index is 12.3. The van der Waals surface area contributed by atoms with Crippen molar-refractivity contribution in [3.05, 3.63) is 47.0 Å². The van der Waals surface area contributed by atoms with E-state index in [1.807, 2.05) is 13.8 Å². The highest BCUT2D eigenvalue weighted by molar-refractivity contribution is 7.86. The largest absolute Gasteiger partial charge is 0.396 e. The number of non-ortho nitro benzene ring substituents is 1. The van der Waals surface area contributed by atoms with Gasteiger partial charge < -0.3 is 5.11 Å². The van der Waals surface area contributed by atoms with E-state index in [-0.39, 0.29) is 23.1 Å². The topological polar surface area (TPSA) is 107 Å². The van der Waals surface area contributed by atoms with Crippen molar-refractivity contribution in [2.24, 2.45) is 11.8 Å². The summed E-state index contributed by atoms with van der Waals surface area (Å²) in [6.45, 7) is 7.23. The molecule has 0 bridgehead atoms. The molecule has 1 aromatic rings. The molecule has 0 aliphatic heterocycles. The van der Waals surface area contributed by atoms with Crippen molar-refractivity contribution < 1.29 is 22.6 Å². The molecule has 1 aromatic carbocycles. The third kappa shape index (κ3) is 5.42. The third-order valence-corrected chi connectivity index (χ3v) is 4.60. The molecule has 1 rings (SSSR count). The summed E-state index contributed by atoms with van der Waals surface area (Å²) < 4.78 is 29.7. The second kappa shape index (κ2) is 8.19. The fraction of sp³-hybridized carbons (Fsp3) is 0.467. The number of rotatable bonds is 9. The van der Waals surface area contributed by atoms with Crippen molar-refractivity contribution in [1.82, 2.24) is 0 Å². The van der Waals surface area contributed by atoms with Crippen LogP contribution in [0.4, 0.5) is 5.69 Å². The minimum absolute atomic E-state index is 0.184. The molecule has 0 aromatic heterocycles. The van der Waals surface area contributed by atoms with E-state index in [2.05, 4.69) is 6.58 Å². The molecule has 0 spiro atoms. The Hall–Kier alpha value is -1.77. The quantitative estimate of drug-likeness (QED) is 0.319. The van der Waals surface area contributed by atoms with Crippen LogP contribution >= 0.6 is 0 Å². The summed E-state index contributed by atoms with van der Waals surface area (Å²) in [5.41, 5.74) is -0.211. The second-order valence-electron chi connectivity index (χ2n) is 5.57. The highest BCUT2D eigenvalue weighted by Gasteiger charge is 2.27. The molecule has 7 nitrogen and oxygen atoms in total. The molecule has 1 unspecified atom stereocenters. The highest BCUT2D eigenvalue weighted by Crippen LogP contribution is 2.24. The van der Waals surface area contributed by atoms with Crippen LogP contribution in [0.2, 0.25) is 0 Å². The average molecular weight is 343 g/mol. The van der Waals surface area contributed by atoms with E-state index in [9.17, 15) is 23.6 Å². The van der Waals surface area contributed by atoms with Gasteiger partial charge in [-0.05, 0) is 24.5 Å². The van der Waals surface area contributed by atoms with Crippen LogP contribution in [-0.4, -0.2) is 31.2 Å². The standard InChI is InChI=1S/C15H21NO6S/c1-4-15(12(10-17)9-11(2)3)22-23(20,21)14-7-5-13(6-8-14)16(18)19/h4-8,11-12,15,17H,1,9-10H2,2-3H3/t12-,15?/m0/s1. The fourth-order valence-corrected chi connectivity index (χ4v) is 3.27. The Morgan fingerprint density at radius 1 is 1.35 bits per heavy atom. The van der Waals surface area contributed by atoms with Gasteiger partial charge in [0, 0.05) is 24.7 Å². The Bertz CT molecular complexity index is 638. The Kier molecular flexibility index (Phi) is 6.86. The van der Waals surface area contributed by atoms with Gasteiger partial charge in [-0.2, -0.15) is 8.42 Å². The zero-order chi connectivity index (χ0) is 17.6. The molecule has 0 saturated carbocycles. The van der Waals surface area contributed by atoms with Gasteiger partial charge in [-0.1, -0.05) is 19.9 Å². The van der Waals surface area contributed by atoms with Crippen LogP contribution in [0.3, 0.4) is 0 Å². The van der Waals surface area contributed by atoms with Crippen molar-refractivity contribution in [2.75, 3.05) is 6.61 Å². The summed E-state index contributed by atoms with van der Waals surface area (Å²) >= 11 is 0. The number of nitro benzene ring substituents is 1. The first-order valence-electron chi connectivity index (χ1n) is 7.12. The zero-order valence-electron chi connectivity index (χ0n) is 13.1. The number of nitrogens with zero attached hydrogens (tertiary/aromatic N) is 1. The molecule has 0 fully saturated rings. The van der Waals surface area contributed by atoms with Crippen molar-refractivity contribution >= 4 is 15.8 Å². The van der Waals surface area contributed by atoms with Crippen molar-refractivity contribution in [3.8, 4) is 0 Å². The SMILES string of the molecule is C=CC(OS(=O)(=O)c1ccc([N+](=O)[O-])cc1)[C@H](CO)CC(C)C. The predicted molar refractivity (Wildman–Crippen MR) is 85.4 cm³/mol. The van der Waals surface area contributed by atoms with Crippen LogP contribution in [0.5, 0.6) is 0 Å². The smallest absolute Gasteiger partial charge is 0.297 e. The predicted octanol–water partition coefficient (Wildman–Crippen LogP) is 2.51. The number of aliphatic hydroxyl groups excluding tert-OH is 1. The van der Waals surface area contributed by atoms with Crippen LogP contribution in [0.1, 0.15) is 20.3 Å². The number of nitro groups is 1. The highest BCUT2D eigenvalue weighted by atomic mass is 32.2. The van der Waals surface area contributed by atoms with Crippen LogP contribution in [-0.2, 0) is 14.3 Å². The Balaban J connectivity index is 2.98. The lowest BCUT2D eigenvalue weighted by Gasteiger charge is -2.24. The Labute approximate surface area is 135 Å². The maximum Gasteiger partial charge on any atom is 0.297 e. The minimum atomic E-state index is -4.11. The Morgan fingerprint density at radius 3 is 2.30 bits per heavy atom. The molecule has 0 aliphatic rings. The lowest BCUT2D eigenvalue weighted by atomic mass is 9.93. The van der Waals surface area contributed by atoms with Crippen molar-refractivity contribution in [3.63, 3.8) is 0 Å². The van der Waals surface area contributed by atoms with Gasteiger partial charge in [-0.25, -0.2) is 0 Å². The zero-order valence-corrected chi connectivity index (χ0v) is 13.9. The van der Waals surface area contributed by atoms with Gasteiger partial charge in [-0.3, -0.25) is 14.3 Å². The molecule has 0 saturated heterocycles. The first-order chi connectivity index (χ1) is 10.7. The molecular formula is C15H21NO6S. The fourth-order valence-electron chi connectivity index (χ4n) is 2.16. The van der Waals surface area contributed by atoms with Crippen molar-refractivity contribution in [2.45, 2.75) is 31.3 Å². The van der Waals surface area contributed by atoms with Gasteiger partial charge in [0.05, 0.1) is 9.82 Å². The summed E-state index contributed by atoms with van der Waals surface area (Å²) in [5.74, 6) is -0.152. The molecule has 23 heavy (non-hydrogen) atoms. The van der Waals surface area contributed by atoms with Crippen LogP contribution in [0.25, 0.3) is 0 Å². The second-order valence-corrected chi connectivity index (χ2v) is 7.15. The Morgan fingerprint density at radius 2 is 1.91 bits per heavy atom. The van der Waals surface area contributed by atoms with Gasteiger partial charge >= 0.3 is 0 Å². The van der Waals surface area contributed by atoms with E-state index in [0.29, 0.717) is 6.42 Å².